The highest BCUT2D eigenvalue weighted by Crippen LogP contribution is 2.38. The smallest absolute Gasteiger partial charge is 0.255 e. The van der Waals surface area contributed by atoms with E-state index in [9.17, 15) is 19.5 Å². The fourth-order valence-corrected chi connectivity index (χ4v) is 10.2. The first-order chi connectivity index (χ1) is 31.1. The second-order valence-corrected chi connectivity index (χ2v) is 18.1. The van der Waals surface area contributed by atoms with Crippen molar-refractivity contribution < 1.29 is 23.9 Å². The minimum Gasteiger partial charge on any atom is -0.385 e. The van der Waals surface area contributed by atoms with Crippen molar-refractivity contribution in [3.63, 3.8) is 0 Å². The topological polar surface area (TPSA) is 165 Å². The SMILES string of the molecule is C[C@H]1CCCCn2ncc(-c3nc(Nc4ccc(N5CCN(Cc6ccc(CN7CCC(O)(c8ccc9c(c8)CN(C8CCC(=O)NC8=O)C9=O)CC7)cc6)CC5)cn4)ncc3F)c21. The molecule has 332 valence electrons. The molecule has 0 aliphatic carbocycles. The first kappa shape index (κ1) is 41.9. The summed E-state index contributed by atoms with van der Waals surface area (Å²) in [6.45, 7) is 10.1. The molecule has 5 aromatic rings. The van der Waals surface area contributed by atoms with Crippen LogP contribution in [0.15, 0.2) is 73.2 Å². The van der Waals surface area contributed by atoms with E-state index >= 15 is 4.39 Å². The Labute approximate surface area is 371 Å². The van der Waals surface area contributed by atoms with Gasteiger partial charge in [-0.15, -0.1) is 0 Å². The van der Waals surface area contributed by atoms with Crippen LogP contribution in [0.4, 0.5) is 21.8 Å². The Morgan fingerprint density at radius 3 is 2.30 bits per heavy atom. The number of carbonyl (C=O) groups excluding carboxylic acids is 3. The highest BCUT2D eigenvalue weighted by molar-refractivity contribution is 6.05. The van der Waals surface area contributed by atoms with E-state index in [0.29, 0.717) is 37.2 Å². The molecule has 3 saturated heterocycles. The summed E-state index contributed by atoms with van der Waals surface area (Å²) < 4.78 is 17.1. The number of carbonyl (C=O) groups is 3. The number of anilines is 3. The normalized spacial score (nSPS) is 21.6. The van der Waals surface area contributed by atoms with Gasteiger partial charge in [-0.25, -0.2) is 19.3 Å². The lowest BCUT2D eigenvalue weighted by Crippen LogP contribution is -2.52. The Hall–Kier alpha value is -6.10. The first-order valence-electron chi connectivity index (χ1n) is 22.7. The molecule has 0 spiro atoms. The van der Waals surface area contributed by atoms with E-state index < -0.39 is 23.4 Å². The summed E-state index contributed by atoms with van der Waals surface area (Å²) in [5.74, 6) is -0.263. The van der Waals surface area contributed by atoms with Crippen molar-refractivity contribution in [3.8, 4) is 11.3 Å². The molecular weight excluding hydrogens is 814 g/mol. The van der Waals surface area contributed by atoms with Crippen LogP contribution in [0.5, 0.6) is 0 Å². The standard InChI is InChI=1S/C48H54FN11O4/c1-31-4-2-3-17-60-44(31)38(26-52-60)43-39(49)27-51-47(55-43)53-41-13-10-36(25-50-41)58-22-20-57(21-23-58)29-33-7-5-32(6-8-33)28-56-18-15-48(64,16-19-56)35-9-11-37-34(24-35)30-59(46(37)63)40-12-14-42(61)54-45(40)62/h5-11,13,24-27,31,40,64H,2-4,12,14-23,28-30H2,1H3,(H,54,61,62)(H,50,51,53,55)/t31-,40?/m0/s1. The molecule has 2 aromatic carbocycles. The number of hydrogen-bond acceptors (Lipinski definition) is 12. The van der Waals surface area contributed by atoms with Crippen LogP contribution < -0.4 is 15.5 Å². The van der Waals surface area contributed by atoms with E-state index in [2.05, 4.69) is 76.6 Å². The number of fused-ring (bicyclic) bond motifs is 2. The molecule has 10 rings (SSSR count). The maximum Gasteiger partial charge on any atom is 0.255 e. The number of imide groups is 1. The number of rotatable bonds is 10. The number of pyridine rings is 1. The zero-order valence-electron chi connectivity index (χ0n) is 36.2. The fraction of sp³-hybridized carbons (Fsp3) is 0.438. The number of nitrogens with one attached hydrogen (secondary N) is 2. The van der Waals surface area contributed by atoms with Crippen molar-refractivity contribution >= 4 is 35.2 Å². The Bertz CT molecular complexity index is 2550. The Morgan fingerprint density at radius 2 is 1.58 bits per heavy atom. The predicted molar refractivity (Wildman–Crippen MR) is 238 cm³/mol. The van der Waals surface area contributed by atoms with Gasteiger partial charge in [-0.05, 0) is 78.5 Å². The predicted octanol–water partition coefficient (Wildman–Crippen LogP) is 5.47. The van der Waals surface area contributed by atoms with Gasteiger partial charge >= 0.3 is 0 Å². The van der Waals surface area contributed by atoms with Crippen molar-refractivity contribution in [1.29, 1.82) is 0 Å². The Morgan fingerprint density at radius 1 is 0.828 bits per heavy atom. The number of aromatic nitrogens is 5. The van der Waals surface area contributed by atoms with Gasteiger partial charge in [0, 0.05) is 83.0 Å². The second-order valence-electron chi connectivity index (χ2n) is 18.1. The molecule has 3 aromatic heterocycles. The molecule has 15 nitrogen and oxygen atoms in total. The van der Waals surface area contributed by atoms with Gasteiger partial charge in [-0.2, -0.15) is 5.10 Å². The number of likely N-dealkylation sites (tertiary alicyclic amines) is 1. The van der Waals surface area contributed by atoms with Crippen LogP contribution in [-0.4, -0.2) is 108 Å². The van der Waals surface area contributed by atoms with E-state index in [1.807, 2.05) is 35.1 Å². The number of piperidine rings is 2. The lowest BCUT2D eigenvalue weighted by molar-refractivity contribution is -0.136. The molecule has 1 unspecified atom stereocenters. The van der Waals surface area contributed by atoms with Gasteiger partial charge in [0.15, 0.2) is 5.82 Å². The maximum absolute atomic E-state index is 15.1. The van der Waals surface area contributed by atoms with E-state index in [1.165, 1.54) is 17.3 Å². The van der Waals surface area contributed by atoms with Crippen molar-refractivity contribution in [2.45, 2.75) is 95.6 Å². The average Bonchev–Trinajstić information content (AvgIpc) is 3.82. The molecule has 5 aliphatic heterocycles. The molecule has 3 fully saturated rings. The first-order valence-corrected chi connectivity index (χ1v) is 22.7. The number of hydrogen-bond donors (Lipinski definition) is 3. The van der Waals surface area contributed by atoms with Gasteiger partial charge in [-0.1, -0.05) is 49.7 Å². The third-order valence-electron chi connectivity index (χ3n) is 13.9. The van der Waals surface area contributed by atoms with Crippen LogP contribution >= 0.6 is 0 Å². The number of piperazine rings is 1. The van der Waals surface area contributed by atoms with Gasteiger partial charge in [0.05, 0.1) is 35.6 Å². The Kier molecular flexibility index (Phi) is 11.4. The summed E-state index contributed by atoms with van der Waals surface area (Å²) >= 11 is 0. The largest absolute Gasteiger partial charge is 0.385 e. The highest BCUT2D eigenvalue weighted by Gasteiger charge is 2.41. The molecule has 0 saturated carbocycles. The summed E-state index contributed by atoms with van der Waals surface area (Å²) in [5.41, 5.74) is 6.75. The number of aliphatic hydroxyl groups is 1. The van der Waals surface area contributed by atoms with Crippen LogP contribution in [0.3, 0.4) is 0 Å². The van der Waals surface area contributed by atoms with Gasteiger partial charge < -0.3 is 20.2 Å². The minimum absolute atomic E-state index is 0.207. The van der Waals surface area contributed by atoms with Crippen molar-refractivity contribution in [1.82, 2.24) is 44.7 Å². The molecule has 64 heavy (non-hydrogen) atoms. The zero-order valence-corrected chi connectivity index (χ0v) is 36.2. The summed E-state index contributed by atoms with van der Waals surface area (Å²) in [6, 6.07) is 17.7. The molecule has 8 heterocycles. The van der Waals surface area contributed by atoms with Gasteiger partial charge in [0.1, 0.15) is 17.6 Å². The lowest BCUT2D eigenvalue weighted by Gasteiger charge is -2.38. The van der Waals surface area contributed by atoms with E-state index in [4.69, 9.17) is 0 Å². The zero-order chi connectivity index (χ0) is 44.0. The quantitative estimate of drug-likeness (QED) is 0.152. The lowest BCUT2D eigenvalue weighted by atomic mass is 9.83. The molecule has 2 atom stereocenters. The van der Waals surface area contributed by atoms with Crippen molar-refractivity contribution in [2.24, 2.45) is 0 Å². The molecule has 3 N–H and O–H groups in total. The molecule has 5 aliphatic rings. The highest BCUT2D eigenvalue weighted by atomic mass is 19.1. The Balaban J connectivity index is 0.679. The van der Waals surface area contributed by atoms with Gasteiger partial charge in [0.2, 0.25) is 17.8 Å². The molecule has 16 heteroatoms. The van der Waals surface area contributed by atoms with Crippen molar-refractivity contribution in [3.05, 3.63) is 113 Å². The minimum atomic E-state index is -0.993. The van der Waals surface area contributed by atoms with Crippen LogP contribution in [0, 0.1) is 5.82 Å². The van der Waals surface area contributed by atoms with Crippen LogP contribution in [0.2, 0.25) is 0 Å². The van der Waals surface area contributed by atoms with Crippen LogP contribution in [-0.2, 0) is 41.4 Å². The van der Waals surface area contributed by atoms with Crippen LogP contribution in [0.25, 0.3) is 11.3 Å². The summed E-state index contributed by atoms with van der Waals surface area (Å²) in [4.78, 5) is 59.5. The number of amides is 3. The second kappa shape index (κ2) is 17.5. The number of nitrogens with zero attached hydrogens (tertiary/aromatic N) is 9. The summed E-state index contributed by atoms with van der Waals surface area (Å²) in [7, 11) is 0. The number of aryl methyl sites for hydroxylation is 1. The third-order valence-corrected chi connectivity index (χ3v) is 13.9. The molecular formula is C48H54FN11O4. The average molecular weight is 868 g/mol. The molecule has 0 bridgehead atoms. The van der Waals surface area contributed by atoms with E-state index in [1.54, 1.807) is 17.2 Å². The van der Waals surface area contributed by atoms with E-state index in [0.717, 1.165) is 106 Å². The van der Waals surface area contributed by atoms with Crippen LogP contribution in [0.1, 0.15) is 96.1 Å². The fourth-order valence-electron chi connectivity index (χ4n) is 10.2. The summed E-state index contributed by atoms with van der Waals surface area (Å²) in [5, 5.41) is 21.8. The van der Waals surface area contributed by atoms with Crippen molar-refractivity contribution in [2.75, 3.05) is 49.5 Å². The third kappa shape index (κ3) is 8.49. The number of benzene rings is 2. The number of halogens is 1. The van der Waals surface area contributed by atoms with E-state index in [-0.39, 0.29) is 35.8 Å². The molecule has 0 radical (unpaired) electrons. The van der Waals surface area contributed by atoms with Gasteiger partial charge in [-0.3, -0.25) is 34.2 Å². The van der Waals surface area contributed by atoms with Gasteiger partial charge in [0.25, 0.3) is 5.91 Å². The monoisotopic (exact) mass is 867 g/mol. The molecule has 3 amide bonds. The summed E-state index contributed by atoms with van der Waals surface area (Å²) in [6.07, 6.45) is 9.72. The maximum atomic E-state index is 15.1.